The molecule has 1 unspecified atom stereocenters. The summed E-state index contributed by atoms with van der Waals surface area (Å²) in [5, 5.41) is 11.4. The largest absolute Gasteiger partial charge is 0.508 e. The maximum absolute atomic E-state index is 11.9. The summed E-state index contributed by atoms with van der Waals surface area (Å²) in [4.78, 5) is 13.1. The van der Waals surface area contributed by atoms with Crippen LogP contribution in [-0.4, -0.2) is 12.2 Å². The van der Waals surface area contributed by atoms with Crippen LogP contribution in [0.4, 0.5) is 0 Å². The minimum atomic E-state index is -0.398. The molecular formula is C19H19ClNO3+. The van der Waals surface area contributed by atoms with E-state index in [4.69, 9.17) is 16.0 Å². The Bertz CT molecular complexity index is 932. The van der Waals surface area contributed by atoms with E-state index in [1.807, 2.05) is 24.3 Å². The molecule has 4 nitrogen and oxygen atoms in total. The smallest absolute Gasteiger partial charge is 0.336 e. The number of hydrogen-bond acceptors (Lipinski definition) is 3. The van der Waals surface area contributed by atoms with Crippen LogP contribution in [0.25, 0.3) is 11.0 Å². The predicted octanol–water partition coefficient (Wildman–Crippen LogP) is 2.68. The van der Waals surface area contributed by atoms with Crippen molar-refractivity contribution in [2.75, 3.05) is 7.05 Å². The normalized spacial score (nSPS) is 12.5. The van der Waals surface area contributed by atoms with Crippen molar-refractivity contribution in [3.63, 3.8) is 0 Å². The van der Waals surface area contributed by atoms with Crippen LogP contribution in [-0.2, 0) is 13.1 Å². The molecule has 2 N–H and O–H groups in total. The fourth-order valence-corrected chi connectivity index (χ4v) is 3.03. The number of benzene rings is 2. The molecular weight excluding hydrogens is 326 g/mol. The summed E-state index contributed by atoms with van der Waals surface area (Å²) >= 11 is 5.92. The van der Waals surface area contributed by atoms with Crippen molar-refractivity contribution in [1.29, 1.82) is 0 Å². The molecule has 0 aliphatic rings. The van der Waals surface area contributed by atoms with E-state index in [2.05, 4.69) is 7.05 Å². The maximum Gasteiger partial charge on any atom is 0.336 e. The van der Waals surface area contributed by atoms with Crippen LogP contribution in [0.15, 0.2) is 51.7 Å². The van der Waals surface area contributed by atoms with Crippen LogP contribution in [0.1, 0.15) is 16.7 Å². The molecule has 0 amide bonds. The van der Waals surface area contributed by atoms with Crippen LogP contribution in [0.3, 0.4) is 0 Å². The molecule has 24 heavy (non-hydrogen) atoms. The van der Waals surface area contributed by atoms with Gasteiger partial charge in [0.05, 0.1) is 7.05 Å². The zero-order valence-electron chi connectivity index (χ0n) is 13.6. The second kappa shape index (κ2) is 6.67. The average molecular weight is 345 g/mol. The minimum absolute atomic E-state index is 0.129. The zero-order valence-corrected chi connectivity index (χ0v) is 14.4. The third kappa shape index (κ3) is 3.45. The summed E-state index contributed by atoms with van der Waals surface area (Å²) in [7, 11) is 2.07. The van der Waals surface area contributed by atoms with Gasteiger partial charge in [-0.15, -0.1) is 0 Å². The summed E-state index contributed by atoms with van der Waals surface area (Å²) in [6.07, 6.45) is 0. The monoisotopic (exact) mass is 344 g/mol. The quantitative estimate of drug-likeness (QED) is 0.715. The number of aromatic hydroxyl groups is 1. The highest BCUT2D eigenvalue weighted by atomic mass is 35.5. The molecule has 0 radical (unpaired) electrons. The van der Waals surface area contributed by atoms with E-state index >= 15 is 0 Å². The lowest BCUT2D eigenvalue weighted by atomic mass is 10.1. The van der Waals surface area contributed by atoms with Gasteiger partial charge >= 0.3 is 5.63 Å². The second-order valence-electron chi connectivity index (χ2n) is 6.11. The molecule has 5 heteroatoms. The topological polar surface area (TPSA) is 54.9 Å². The molecule has 2 aromatic carbocycles. The number of phenolic OH excluding ortho intramolecular Hbond substituents is 1. The third-order valence-corrected chi connectivity index (χ3v) is 4.38. The van der Waals surface area contributed by atoms with Crippen LogP contribution in [0.5, 0.6) is 5.75 Å². The fourth-order valence-electron chi connectivity index (χ4n) is 2.90. The van der Waals surface area contributed by atoms with Crippen LogP contribution in [0.2, 0.25) is 5.02 Å². The predicted molar refractivity (Wildman–Crippen MR) is 94.6 cm³/mol. The van der Waals surface area contributed by atoms with E-state index in [-0.39, 0.29) is 5.75 Å². The van der Waals surface area contributed by atoms with Crippen molar-refractivity contribution in [2.24, 2.45) is 0 Å². The van der Waals surface area contributed by atoms with Crippen molar-refractivity contribution >= 4 is 22.6 Å². The summed E-state index contributed by atoms with van der Waals surface area (Å²) in [6, 6.07) is 12.7. The summed E-state index contributed by atoms with van der Waals surface area (Å²) in [5.41, 5.74) is 2.73. The second-order valence-corrected chi connectivity index (χ2v) is 6.55. The Kier molecular flexibility index (Phi) is 4.60. The van der Waals surface area contributed by atoms with Crippen molar-refractivity contribution in [3.8, 4) is 5.75 Å². The molecule has 0 saturated carbocycles. The number of aryl methyl sites for hydroxylation is 1. The van der Waals surface area contributed by atoms with Gasteiger partial charge in [-0.1, -0.05) is 23.7 Å². The highest BCUT2D eigenvalue weighted by Gasteiger charge is 2.14. The van der Waals surface area contributed by atoms with E-state index in [1.165, 1.54) is 16.5 Å². The number of rotatable bonds is 4. The standard InChI is InChI=1S/C19H18ClNO3/c1-12-17(22)8-7-16-14(9-18(23)24-19(12)16)11-21(2)10-13-3-5-15(20)6-4-13/h3-9,22H,10-11H2,1-2H3/p+1. The summed E-state index contributed by atoms with van der Waals surface area (Å²) in [6.45, 7) is 3.24. The van der Waals surface area contributed by atoms with E-state index < -0.39 is 5.63 Å². The van der Waals surface area contributed by atoms with Crippen LogP contribution in [0, 0.1) is 6.92 Å². The number of nitrogens with one attached hydrogen (secondary N) is 1. The lowest BCUT2D eigenvalue weighted by Crippen LogP contribution is -3.06. The lowest BCUT2D eigenvalue weighted by molar-refractivity contribution is -0.907. The first kappa shape index (κ1) is 16.6. The Morgan fingerprint density at radius 3 is 2.54 bits per heavy atom. The number of fused-ring (bicyclic) bond motifs is 1. The average Bonchev–Trinajstić information content (AvgIpc) is 2.53. The fraction of sp³-hybridized carbons (Fsp3) is 0.211. The van der Waals surface area contributed by atoms with Gasteiger partial charge in [0.25, 0.3) is 0 Å². The molecule has 0 spiro atoms. The number of hydrogen-bond donors (Lipinski definition) is 2. The third-order valence-electron chi connectivity index (χ3n) is 4.13. The molecule has 3 aromatic rings. The Morgan fingerprint density at radius 1 is 1.12 bits per heavy atom. The van der Waals surface area contributed by atoms with E-state index in [1.54, 1.807) is 19.1 Å². The highest BCUT2D eigenvalue weighted by Crippen LogP contribution is 2.27. The Balaban J connectivity index is 1.90. The Labute approximate surface area is 144 Å². The first-order valence-electron chi connectivity index (χ1n) is 7.75. The first-order valence-corrected chi connectivity index (χ1v) is 8.13. The maximum atomic E-state index is 11.9. The van der Waals surface area contributed by atoms with Gasteiger partial charge in [0.2, 0.25) is 0 Å². The zero-order chi connectivity index (χ0) is 17.3. The molecule has 0 fully saturated rings. The van der Waals surface area contributed by atoms with Crippen molar-refractivity contribution in [3.05, 3.63) is 74.6 Å². The molecule has 0 bridgehead atoms. The van der Waals surface area contributed by atoms with Crippen molar-refractivity contribution in [2.45, 2.75) is 20.0 Å². The first-order chi connectivity index (χ1) is 11.4. The van der Waals surface area contributed by atoms with Gasteiger partial charge in [-0.3, -0.25) is 0 Å². The Morgan fingerprint density at radius 2 is 1.83 bits per heavy atom. The molecule has 1 heterocycles. The molecule has 124 valence electrons. The molecule has 1 aromatic heterocycles. The number of quaternary nitrogens is 1. The Hall–Kier alpha value is -2.30. The van der Waals surface area contributed by atoms with Crippen molar-refractivity contribution < 1.29 is 14.4 Å². The lowest BCUT2D eigenvalue weighted by Gasteiger charge is -2.15. The molecule has 0 saturated heterocycles. The van der Waals surface area contributed by atoms with Crippen molar-refractivity contribution in [1.82, 2.24) is 0 Å². The van der Waals surface area contributed by atoms with Crippen LogP contribution < -0.4 is 10.5 Å². The molecule has 1 atom stereocenters. The van der Waals surface area contributed by atoms with E-state index in [0.29, 0.717) is 17.7 Å². The minimum Gasteiger partial charge on any atom is -0.508 e. The highest BCUT2D eigenvalue weighted by molar-refractivity contribution is 6.30. The number of phenols is 1. The molecule has 0 aliphatic carbocycles. The van der Waals surface area contributed by atoms with E-state index in [9.17, 15) is 9.90 Å². The van der Waals surface area contributed by atoms with Gasteiger partial charge in [0, 0.05) is 33.2 Å². The van der Waals surface area contributed by atoms with Gasteiger partial charge in [0.1, 0.15) is 24.4 Å². The molecule has 3 rings (SSSR count). The van der Waals surface area contributed by atoms with Gasteiger partial charge in [-0.2, -0.15) is 0 Å². The summed E-state index contributed by atoms with van der Waals surface area (Å²) < 4.78 is 5.29. The number of halogens is 1. The SMILES string of the molecule is Cc1c(O)ccc2c(C[NH+](C)Cc3ccc(Cl)cc3)cc(=O)oc12. The van der Waals surface area contributed by atoms with Gasteiger partial charge in [0.15, 0.2) is 0 Å². The van der Waals surface area contributed by atoms with Gasteiger partial charge < -0.3 is 14.4 Å². The van der Waals surface area contributed by atoms with E-state index in [0.717, 1.165) is 22.5 Å². The van der Waals surface area contributed by atoms with Gasteiger partial charge in [-0.05, 0) is 31.2 Å². The molecule has 0 aliphatic heterocycles. The van der Waals surface area contributed by atoms with Gasteiger partial charge in [-0.25, -0.2) is 4.79 Å². The van der Waals surface area contributed by atoms with Crippen LogP contribution >= 0.6 is 11.6 Å². The summed E-state index contributed by atoms with van der Waals surface area (Å²) in [5.74, 6) is 0.129.